The normalized spacial score (nSPS) is 11.3. The van der Waals surface area contributed by atoms with E-state index in [1.165, 1.54) is 7.11 Å². The number of methoxy groups -OCH3 is 1. The Balaban J connectivity index is 2.69. The summed E-state index contributed by atoms with van der Waals surface area (Å²) in [7, 11) is 1.53. The minimum Gasteiger partial charge on any atom is -0.385 e. The lowest BCUT2D eigenvalue weighted by atomic mass is 10.2. The monoisotopic (exact) mass is 352 g/mol. The van der Waals surface area contributed by atoms with E-state index in [0.717, 1.165) is 23.9 Å². The van der Waals surface area contributed by atoms with Gasteiger partial charge in [0.15, 0.2) is 0 Å². The Kier molecular flexibility index (Phi) is 7.30. The van der Waals surface area contributed by atoms with Crippen LogP contribution in [0.5, 0.6) is 0 Å². The number of rotatable bonds is 8. The van der Waals surface area contributed by atoms with Crippen LogP contribution in [0.1, 0.15) is 12.0 Å². The lowest BCUT2D eigenvalue weighted by Crippen LogP contribution is -2.26. The third kappa shape index (κ3) is 6.45. The van der Waals surface area contributed by atoms with Gasteiger partial charge in [0, 0.05) is 26.3 Å². The number of benzene rings is 1. The number of amides is 1. The molecule has 0 saturated heterocycles. The van der Waals surface area contributed by atoms with Crippen molar-refractivity contribution in [3.8, 4) is 0 Å². The van der Waals surface area contributed by atoms with Crippen LogP contribution in [0.3, 0.4) is 0 Å². The summed E-state index contributed by atoms with van der Waals surface area (Å²) < 4.78 is 42.5. The quantitative estimate of drug-likeness (QED) is 0.337. The molecule has 1 aromatic rings. The molecule has 0 saturated carbocycles. The first-order valence-electron chi connectivity index (χ1n) is 6.49. The van der Waals surface area contributed by atoms with Crippen LogP contribution in [-0.4, -0.2) is 36.8 Å². The smallest absolute Gasteiger partial charge is 0.385 e. The zero-order valence-electron chi connectivity index (χ0n) is 12.2. The van der Waals surface area contributed by atoms with Crippen LogP contribution in [0, 0.1) is 10.1 Å². The van der Waals surface area contributed by atoms with Crippen molar-refractivity contribution in [2.75, 3.05) is 26.0 Å². The van der Waals surface area contributed by atoms with Gasteiger partial charge < -0.3 is 10.1 Å². The number of carbonyl (C=O) groups excluding carboxylic acids is 1. The number of thioether (sulfide) groups is 1. The Hall–Kier alpha value is -1.81. The number of carbonyl (C=O) groups is 1. The fraction of sp³-hybridized carbons (Fsp3) is 0.462. The van der Waals surface area contributed by atoms with E-state index in [2.05, 4.69) is 5.32 Å². The van der Waals surface area contributed by atoms with Gasteiger partial charge in [-0.25, -0.2) is 0 Å². The molecule has 0 aromatic heterocycles. The summed E-state index contributed by atoms with van der Waals surface area (Å²) in [4.78, 5) is 21.6. The van der Waals surface area contributed by atoms with Crippen molar-refractivity contribution >= 4 is 23.4 Å². The standard InChI is InChI=1S/C13H15F3N2O4S/c1-22-6-2-5-17-12(19)8-23-11-4-3-9(13(14,15)16)7-10(11)18(20)21/h3-4,7H,2,5-6,8H2,1H3,(H,17,19). The lowest BCUT2D eigenvalue weighted by molar-refractivity contribution is -0.388. The molecule has 0 aliphatic heterocycles. The predicted molar refractivity (Wildman–Crippen MR) is 78.3 cm³/mol. The van der Waals surface area contributed by atoms with Crippen LogP contribution in [0.15, 0.2) is 23.1 Å². The van der Waals surface area contributed by atoms with Crippen LogP contribution >= 0.6 is 11.8 Å². The number of nitrogens with zero attached hydrogens (tertiary/aromatic N) is 1. The number of ether oxygens (including phenoxy) is 1. The molecule has 1 amide bonds. The van der Waals surface area contributed by atoms with Crippen molar-refractivity contribution in [1.82, 2.24) is 5.32 Å². The van der Waals surface area contributed by atoms with Crippen LogP contribution in [0.2, 0.25) is 0 Å². The van der Waals surface area contributed by atoms with Gasteiger partial charge in [-0.1, -0.05) is 0 Å². The molecule has 0 atom stereocenters. The molecule has 10 heteroatoms. The maximum absolute atomic E-state index is 12.6. The maximum Gasteiger partial charge on any atom is 0.416 e. The highest BCUT2D eigenvalue weighted by Crippen LogP contribution is 2.36. The SMILES string of the molecule is COCCCNC(=O)CSc1ccc(C(F)(F)F)cc1[N+](=O)[O-]. The molecular weight excluding hydrogens is 337 g/mol. The predicted octanol–water partition coefficient (Wildman–Crippen LogP) is 2.86. The summed E-state index contributed by atoms with van der Waals surface area (Å²) in [5.41, 5.74) is -1.77. The summed E-state index contributed by atoms with van der Waals surface area (Å²) in [5, 5.41) is 13.5. The molecule has 0 aliphatic rings. The maximum atomic E-state index is 12.6. The molecule has 6 nitrogen and oxygen atoms in total. The average molecular weight is 352 g/mol. The van der Waals surface area contributed by atoms with Gasteiger partial charge in [-0.3, -0.25) is 14.9 Å². The molecule has 0 unspecified atom stereocenters. The molecule has 128 valence electrons. The van der Waals surface area contributed by atoms with Crippen LogP contribution in [0.4, 0.5) is 18.9 Å². The molecule has 1 aromatic carbocycles. The van der Waals surface area contributed by atoms with E-state index in [4.69, 9.17) is 4.74 Å². The van der Waals surface area contributed by atoms with E-state index in [9.17, 15) is 28.1 Å². The zero-order valence-corrected chi connectivity index (χ0v) is 13.0. The molecule has 0 fully saturated rings. The van der Waals surface area contributed by atoms with E-state index < -0.39 is 22.4 Å². The molecule has 0 heterocycles. The number of hydrogen-bond acceptors (Lipinski definition) is 5. The Morgan fingerprint density at radius 2 is 2.13 bits per heavy atom. The van der Waals surface area contributed by atoms with Gasteiger partial charge in [0.05, 0.1) is 21.1 Å². The van der Waals surface area contributed by atoms with E-state index in [0.29, 0.717) is 25.6 Å². The summed E-state index contributed by atoms with van der Waals surface area (Å²) in [6.45, 7) is 0.875. The first-order valence-corrected chi connectivity index (χ1v) is 7.48. The van der Waals surface area contributed by atoms with Gasteiger partial charge in [0.1, 0.15) is 0 Å². The Bertz CT molecular complexity index is 567. The molecular formula is C13H15F3N2O4S. The van der Waals surface area contributed by atoms with Crippen molar-refractivity contribution < 1.29 is 27.6 Å². The number of nitro groups is 1. The summed E-state index contributed by atoms with van der Waals surface area (Å²) in [6.07, 6.45) is -4.04. The zero-order chi connectivity index (χ0) is 17.5. The molecule has 1 N–H and O–H groups in total. The van der Waals surface area contributed by atoms with Gasteiger partial charge >= 0.3 is 6.18 Å². The largest absolute Gasteiger partial charge is 0.416 e. The Morgan fingerprint density at radius 1 is 1.43 bits per heavy atom. The van der Waals surface area contributed by atoms with Crippen molar-refractivity contribution in [1.29, 1.82) is 0 Å². The second-order valence-corrected chi connectivity index (χ2v) is 5.44. The van der Waals surface area contributed by atoms with Crippen molar-refractivity contribution in [2.24, 2.45) is 0 Å². The van der Waals surface area contributed by atoms with Crippen molar-refractivity contribution in [2.45, 2.75) is 17.5 Å². The van der Waals surface area contributed by atoms with E-state index >= 15 is 0 Å². The third-order valence-electron chi connectivity index (χ3n) is 2.69. The first-order chi connectivity index (χ1) is 10.8. The number of alkyl halides is 3. The highest BCUT2D eigenvalue weighted by Gasteiger charge is 2.33. The average Bonchev–Trinajstić information content (AvgIpc) is 2.48. The van der Waals surface area contributed by atoms with E-state index in [1.54, 1.807) is 0 Å². The lowest BCUT2D eigenvalue weighted by Gasteiger charge is -2.09. The van der Waals surface area contributed by atoms with Gasteiger partial charge in [-0.2, -0.15) is 13.2 Å². The van der Waals surface area contributed by atoms with Gasteiger partial charge in [0.25, 0.3) is 5.69 Å². The minimum absolute atomic E-state index is 0.00930. The van der Waals surface area contributed by atoms with Crippen LogP contribution < -0.4 is 5.32 Å². The van der Waals surface area contributed by atoms with E-state index in [-0.39, 0.29) is 16.6 Å². The number of halogens is 3. The second kappa shape index (κ2) is 8.73. The summed E-state index contributed by atoms with van der Waals surface area (Å²) in [6, 6.07) is 2.23. The van der Waals surface area contributed by atoms with Gasteiger partial charge in [0.2, 0.25) is 5.91 Å². The number of hydrogen-bond donors (Lipinski definition) is 1. The first kappa shape index (κ1) is 19.2. The topological polar surface area (TPSA) is 81.5 Å². The number of nitro benzene ring substituents is 1. The molecule has 0 bridgehead atoms. The van der Waals surface area contributed by atoms with Gasteiger partial charge in [-0.05, 0) is 18.6 Å². The Morgan fingerprint density at radius 3 is 2.70 bits per heavy atom. The second-order valence-electron chi connectivity index (χ2n) is 4.42. The fourth-order valence-electron chi connectivity index (χ4n) is 1.60. The Labute approximate surface area is 134 Å². The molecule has 0 aliphatic carbocycles. The highest BCUT2D eigenvalue weighted by molar-refractivity contribution is 8.00. The van der Waals surface area contributed by atoms with Crippen molar-refractivity contribution in [3.63, 3.8) is 0 Å². The highest BCUT2D eigenvalue weighted by atomic mass is 32.2. The molecule has 0 spiro atoms. The fourth-order valence-corrected chi connectivity index (χ4v) is 2.43. The minimum atomic E-state index is -4.66. The number of nitrogens with one attached hydrogen (secondary N) is 1. The van der Waals surface area contributed by atoms with E-state index in [1.807, 2.05) is 0 Å². The van der Waals surface area contributed by atoms with Crippen LogP contribution in [-0.2, 0) is 15.7 Å². The summed E-state index contributed by atoms with van der Waals surface area (Å²) in [5.74, 6) is -0.487. The summed E-state index contributed by atoms with van der Waals surface area (Å²) >= 11 is 0.814. The third-order valence-corrected chi connectivity index (χ3v) is 3.75. The molecule has 23 heavy (non-hydrogen) atoms. The molecule has 0 radical (unpaired) electrons. The van der Waals surface area contributed by atoms with Gasteiger partial charge in [-0.15, -0.1) is 11.8 Å². The van der Waals surface area contributed by atoms with Crippen LogP contribution in [0.25, 0.3) is 0 Å². The van der Waals surface area contributed by atoms with Crippen molar-refractivity contribution in [3.05, 3.63) is 33.9 Å². The molecule has 1 rings (SSSR count).